The third-order valence-electron chi connectivity index (χ3n) is 4.22. The van der Waals surface area contributed by atoms with Crippen molar-refractivity contribution >= 4 is 17.3 Å². The lowest BCUT2D eigenvalue weighted by molar-refractivity contribution is 0.357. The van der Waals surface area contributed by atoms with Crippen LogP contribution in [-0.4, -0.2) is 36.8 Å². The molecule has 0 unspecified atom stereocenters. The summed E-state index contributed by atoms with van der Waals surface area (Å²) in [5, 5.41) is 4.33. The van der Waals surface area contributed by atoms with Gasteiger partial charge in [0, 0.05) is 24.2 Å². The fourth-order valence-electron chi connectivity index (χ4n) is 2.91. The quantitative estimate of drug-likeness (QED) is 0.865. The molecule has 1 aliphatic heterocycles. The second-order valence-electron chi connectivity index (χ2n) is 5.68. The van der Waals surface area contributed by atoms with E-state index in [0.29, 0.717) is 12.1 Å². The molecule has 0 amide bonds. The Kier molecular flexibility index (Phi) is 4.19. The lowest BCUT2D eigenvalue weighted by atomic mass is 10.0. The van der Waals surface area contributed by atoms with Crippen LogP contribution in [0.3, 0.4) is 0 Å². The minimum atomic E-state index is 0.296. The monoisotopic (exact) mass is 306 g/mol. The Balaban J connectivity index is 1.82. The highest BCUT2D eigenvalue weighted by Crippen LogP contribution is 2.39. The van der Waals surface area contributed by atoms with Crippen LogP contribution in [0, 0.1) is 0 Å². The number of thiocarbonyl (C=S) groups is 1. The van der Waals surface area contributed by atoms with E-state index in [-0.39, 0.29) is 0 Å². The molecule has 114 valence electrons. The van der Waals surface area contributed by atoms with Crippen molar-refractivity contribution in [3.8, 4) is 11.5 Å². The molecule has 1 saturated heterocycles. The number of hydrogen-bond donors (Lipinski definition) is 1. The van der Waals surface area contributed by atoms with E-state index < -0.39 is 0 Å². The predicted molar refractivity (Wildman–Crippen MR) is 87.0 cm³/mol. The number of hydrogen-bond acceptors (Lipinski definition) is 3. The van der Waals surface area contributed by atoms with Crippen molar-refractivity contribution in [2.45, 2.75) is 37.8 Å². The van der Waals surface area contributed by atoms with E-state index in [9.17, 15) is 0 Å². The summed E-state index contributed by atoms with van der Waals surface area (Å²) in [4.78, 5) is 2.30. The van der Waals surface area contributed by atoms with Crippen LogP contribution in [0.15, 0.2) is 18.2 Å². The second-order valence-corrected chi connectivity index (χ2v) is 6.07. The van der Waals surface area contributed by atoms with Crippen LogP contribution < -0.4 is 14.8 Å². The molecule has 2 aliphatic rings. The van der Waals surface area contributed by atoms with Crippen LogP contribution >= 0.6 is 12.2 Å². The van der Waals surface area contributed by atoms with Gasteiger partial charge in [0.05, 0.1) is 20.3 Å². The van der Waals surface area contributed by atoms with Gasteiger partial charge in [0.25, 0.3) is 0 Å². The molecule has 0 bridgehead atoms. The molecule has 2 fully saturated rings. The molecule has 21 heavy (non-hydrogen) atoms. The first-order chi connectivity index (χ1) is 10.2. The SMILES string of the molecule is COc1ccc([C@@H]2CCCN2C(=S)NC2CC2)c(OC)c1. The molecule has 5 heteroatoms. The van der Waals surface area contributed by atoms with E-state index in [1.54, 1.807) is 14.2 Å². The molecule has 1 heterocycles. The highest BCUT2D eigenvalue weighted by Gasteiger charge is 2.32. The number of rotatable bonds is 4. The predicted octanol–water partition coefficient (Wildman–Crippen LogP) is 2.88. The standard InChI is InChI=1S/C16H22N2O2S/c1-19-12-7-8-13(15(10-12)20-2)14-4-3-9-18(14)16(21)17-11-5-6-11/h7-8,10-11,14H,3-6,9H2,1-2H3,(H,17,21)/t14-/m0/s1. The topological polar surface area (TPSA) is 33.7 Å². The molecule has 1 aromatic carbocycles. The van der Waals surface area contributed by atoms with Crippen molar-refractivity contribution < 1.29 is 9.47 Å². The van der Waals surface area contributed by atoms with Gasteiger partial charge in [0.15, 0.2) is 5.11 Å². The Morgan fingerprint density at radius 1 is 1.24 bits per heavy atom. The smallest absolute Gasteiger partial charge is 0.169 e. The van der Waals surface area contributed by atoms with Gasteiger partial charge in [-0.05, 0) is 50.0 Å². The van der Waals surface area contributed by atoms with Crippen LogP contribution in [0.5, 0.6) is 11.5 Å². The Bertz CT molecular complexity index is 531. The summed E-state index contributed by atoms with van der Waals surface area (Å²) in [5.74, 6) is 1.69. The summed E-state index contributed by atoms with van der Waals surface area (Å²) in [5.41, 5.74) is 1.19. The molecular weight excluding hydrogens is 284 g/mol. The Morgan fingerprint density at radius 3 is 2.71 bits per heavy atom. The van der Waals surface area contributed by atoms with E-state index in [2.05, 4.69) is 16.3 Å². The lowest BCUT2D eigenvalue weighted by Crippen LogP contribution is -2.40. The summed E-state index contributed by atoms with van der Waals surface area (Å²) in [6, 6.07) is 6.93. The Labute approximate surface area is 131 Å². The van der Waals surface area contributed by atoms with Crippen molar-refractivity contribution in [3.05, 3.63) is 23.8 Å². The van der Waals surface area contributed by atoms with Gasteiger partial charge in [0.2, 0.25) is 0 Å². The minimum absolute atomic E-state index is 0.296. The summed E-state index contributed by atoms with van der Waals surface area (Å²) in [6.45, 7) is 1.01. The van der Waals surface area contributed by atoms with Crippen molar-refractivity contribution in [1.82, 2.24) is 10.2 Å². The fraction of sp³-hybridized carbons (Fsp3) is 0.562. The number of methoxy groups -OCH3 is 2. The van der Waals surface area contributed by atoms with E-state index in [1.165, 1.54) is 18.4 Å². The maximum absolute atomic E-state index is 5.58. The maximum atomic E-state index is 5.58. The van der Waals surface area contributed by atoms with Gasteiger partial charge in [-0.25, -0.2) is 0 Å². The molecule has 1 N–H and O–H groups in total. The molecule has 3 rings (SSSR count). The molecule has 0 aromatic heterocycles. The second kappa shape index (κ2) is 6.10. The van der Waals surface area contributed by atoms with Crippen LogP contribution in [0.25, 0.3) is 0 Å². The zero-order valence-electron chi connectivity index (χ0n) is 12.6. The number of likely N-dealkylation sites (tertiary alicyclic amines) is 1. The summed E-state index contributed by atoms with van der Waals surface area (Å²) < 4.78 is 10.8. The van der Waals surface area contributed by atoms with Crippen molar-refractivity contribution in [2.24, 2.45) is 0 Å². The fourth-order valence-corrected chi connectivity index (χ4v) is 3.30. The maximum Gasteiger partial charge on any atom is 0.169 e. The molecule has 0 spiro atoms. The van der Waals surface area contributed by atoms with Gasteiger partial charge in [-0.1, -0.05) is 0 Å². The summed E-state index contributed by atoms with van der Waals surface area (Å²) in [7, 11) is 3.38. The number of ether oxygens (including phenoxy) is 2. The van der Waals surface area contributed by atoms with Gasteiger partial charge >= 0.3 is 0 Å². The summed E-state index contributed by atoms with van der Waals surface area (Å²) >= 11 is 5.58. The molecular formula is C16H22N2O2S. The van der Waals surface area contributed by atoms with Crippen LogP contribution in [-0.2, 0) is 0 Å². The molecule has 1 saturated carbocycles. The molecule has 4 nitrogen and oxygen atoms in total. The van der Waals surface area contributed by atoms with Crippen LogP contribution in [0.2, 0.25) is 0 Å². The average molecular weight is 306 g/mol. The average Bonchev–Trinajstić information content (AvgIpc) is 3.18. The van der Waals surface area contributed by atoms with Crippen molar-refractivity contribution in [2.75, 3.05) is 20.8 Å². The van der Waals surface area contributed by atoms with Crippen molar-refractivity contribution in [3.63, 3.8) is 0 Å². The number of nitrogens with zero attached hydrogens (tertiary/aromatic N) is 1. The van der Waals surface area contributed by atoms with Gasteiger partial charge in [-0.15, -0.1) is 0 Å². The van der Waals surface area contributed by atoms with Crippen LogP contribution in [0.1, 0.15) is 37.3 Å². The molecule has 1 atom stereocenters. The Morgan fingerprint density at radius 2 is 2.05 bits per heavy atom. The largest absolute Gasteiger partial charge is 0.497 e. The minimum Gasteiger partial charge on any atom is -0.497 e. The van der Waals surface area contributed by atoms with E-state index in [0.717, 1.165) is 36.0 Å². The molecule has 1 aromatic rings. The van der Waals surface area contributed by atoms with Gasteiger partial charge in [0.1, 0.15) is 11.5 Å². The van der Waals surface area contributed by atoms with Gasteiger partial charge in [-0.3, -0.25) is 0 Å². The molecule has 1 aliphatic carbocycles. The zero-order valence-corrected chi connectivity index (χ0v) is 13.4. The lowest BCUT2D eigenvalue weighted by Gasteiger charge is -2.29. The van der Waals surface area contributed by atoms with Gasteiger partial charge in [-0.2, -0.15) is 0 Å². The first-order valence-corrected chi connectivity index (χ1v) is 7.93. The van der Waals surface area contributed by atoms with E-state index in [4.69, 9.17) is 21.7 Å². The van der Waals surface area contributed by atoms with E-state index >= 15 is 0 Å². The third kappa shape index (κ3) is 3.07. The highest BCUT2D eigenvalue weighted by molar-refractivity contribution is 7.80. The first-order valence-electron chi connectivity index (χ1n) is 7.52. The van der Waals surface area contributed by atoms with Crippen molar-refractivity contribution in [1.29, 1.82) is 0 Å². The third-order valence-corrected chi connectivity index (χ3v) is 4.57. The zero-order chi connectivity index (χ0) is 14.8. The number of nitrogens with one attached hydrogen (secondary N) is 1. The molecule has 0 radical (unpaired) electrons. The Hall–Kier alpha value is -1.49. The van der Waals surface area contributed by atoms with Gasteiger partial charge < -0.3 is 19.7 Å². The summed E-state index contributed by atoms with van der Waals surface area (Å²) in [6.07, 6.45) is 4.75. The normalized spacial score (nSPS) is 21.2. The first kappa shape index (κ1) is 14.4. The van der Waals surface area contributed by atoms with E-state index in [1.807, 2.05) is 12.1 Å². The highest BCUT2D eigenvalue weighted by atomic mass is 32.1. The number of benzene rings is 1. The van der Waals surface area contributed by atoms with Crippen LogP contribution in [0.4, 0.5) is 0 Å².